The lowest BCUT2D eigenvalue weighted by atomic mass is 10.2. The molecule has 0 bridgehead atoms. The third kappa shape index (κ3) is 3.48. The standard InChI is InChI=1S/C10H12BrClN2O/c1-2-9(13)10(15)14-6-3-4-8(12)7(11)5-6/h3-5,9H,2,13H2,1H3,(H,14,15)/t9-/m0/s1. The molecular formula is C10H12BrClN2O. The third-order valence-corrected chi connectivity index (χ3v) is 3.18. The summed E-state index contributed by atoms with van der Waals surface area (Å²) in [6.45, 7) is 1.86. The average molecular weight is 292 g/mol. The Morgan fingerprint density at radius 2 is 2.33 bits per heavy atom. The van der Waals surface area contributed by atoms with Crippen LogP contribution >= 0.6 is 27.5 Å². The van der Waals surface area contributed by atoms with E-state index in [2.05, 4.69) is 21.2 Å². The highest BCUT2D eigenvalue weighted by atomic mass is 79.9. The van der Waals surface area contributed by atoms with Crippen LogP contribution in [0.15, 0.2) is 22.7 Å². The molecule has 0 aliphatic carbocycles. The number of amides is 1. The lowest BCUT2D eigenvalue weighted by molar-refractivity contribution is -0.117. The fourth-order valence-electron chi connectivity index (χ4n) is 0.994. The van der Waals surface area contributed by atoms with Crippen LogP contribution in [0.4, 0.5) is 5.69 Å². The second kappa shape index (κ2) is 5.49. The molecule has 0 aliphatic rings. The summed E-state index contributed by atoms with van der Waals surface area (Å²) in [6, 6.07) is 4.70. The Labute approximate surface area is 102 Å². The van der Waals surface area contributed by atoms with Crippen LogP contribution in [-0.4, -0.2) is 11.9 Å². The molecule has 3 N–H and O–H groups in total. The van der Waals surface area contributed by atoms with Gasteiger partial charge in [-0.2, -0.15) is 0 Å². The van der Waals surface area contributed by atoms with E-state index < -0.39 is 6.04 Å². The Balaban J connectivity index is 2.73. The van der Waals surface area contributed by atoms with Gasteiger partial charge in [-0.1, -0.05) is 18.5 Å². The molecule has 0 spiro atoms. The predicted octanol–water partition coefficient (Wildman–Crippen LogP) is 2.78. The van der Waals surface area contributed by atoms with E-state index in [1.807, 2.05) is 6.92 Å². The van der Waals surface area contributed by atoms with Crippen molar-refractivity contribution in [2.45, 2.75) is 19.4 Å². The summed E-state index contributed by atoms with van der Waals surface area (Å²) < 4.78 is 0.743. The smallest absolute Gasteiger partial charge is 0.241 e. The summed E-state index contributed by atoms with van der Waals surface area (Å²) in [4.78, 5) is 11.5. The van der Waals surface area contributed by atoms with Crippen LogP contribution < -0.4 is 11.1 Å². The van der Waals surface area contributed by atoms with Gasteiger partial charge in [0.05, 0.1) is 11.1 Å². The number of hydrogen-bond donors (Lipinski definition) is 2. The number of rotatable bonds is 3. The molecule has 0 fully saturated rings. The first kappa shape index (κ1) is 12.5. The largest absolute Gasteiger partial charge is 0.325 e. The Kier molecular flexibility index (Phi) is 4.57. The maximum atomic E-state index is 11.5. The minimum absolute atomic E-state index is 0.188. The average Bonchev–Trinajstić information content (AvgIpc) is 2.22. The van der Waals surface area contributed by atoms with Crippen molar-refractivity contribution in [3.63, 3.8) is 0 Å². The molecule has 1 rings (SSSR count). The summed E-state index contributed by atoms with van der Waals surface area (Å²) in [6.07, 6.45) is 0.612. The van der Waals surface area contributed by atoms with Crippen LogP contribution in [0.2, 0.25) is 5.02 Å². The zero-order chi connectivity index (χ0) is 11.4. The first-order valence-corrected chi connectivity index (χ1v) is 5.73. The first-order valence-electron chi connectivity index (χ1n) is 4.56. The fourth-order valence-corrected chi connectivity index (χ4v) is 1.49. The number of carbonyl (C=O) groups is 1. The van der Waals surface area contributed by atoms with Gasteiger partial charge in [0.1, 0.15) is 0 Å². The Morgan fingerprint density at radius 3 is 2.87 bits per heavy atom. The van der Waals surface area contributed by atoms with E-state index >= 15 is 0 Å². The Morgan fingerprint density at radius 1 is 1.67 bits per heavy atom. The van der Waals surface area contributed by atoms with Gasteiger partial charge in [-0.15, -0.1) is 0 Å². The fraction of sp³-hybridized carbons (Fsp3) is 0.300. The minimum Gasteiger partial charge on any atom is -0.325 e. The molecular weight excluding hydrogens is 279 g/mol. The van der Waals surface area contributed by atoms with Crippen molar-refractivity contribution in [3.8, 4) is 0 Å². The highest BCUT2D eigenvalue weighted by Crippen LogP contribution is 2.25. The molecule has 0 unspecified atom stereocenters. The minimum atomic E-state index is -0.473. The summed E-state index contributed by atoms with van der Waals surface area (Å²) in [5, 5.41) is 3.31. The van der Waals surface area contributed by atoms with Gasteiger partial charge < -0.3 is 11.1 Å². The van der Waals surface area contributed by atoms with Crippen molar-refractivity contribution < 1.29 is 4.79 Å². The van der Waals surface area contributed by atoms with Crippen molar-refractivity contribution >= 4 is 39.1 Å². The normalized spacial score (nSPS) is 12.3. The third-order valence-electron chi connectivity index (χ3n) is 1.96. The number of halogens is 2. The Bertz CT molecular complexity index is 370. The SMILES string of the molecule is CC[C@H](N)C(=O)Nc1ccc(Cl)c(Br)c1. The second-order valence-electron chi connectivity index (χ2n) is 3.13. The monoisotopic (exact) mass is 290 g/mol. The number of benzene rings is 1. The molecule has 0 heterocycles. The van der Waals surface area contributed by atoms with Crippen LogP contribution in [-0.2, 0) is 4.79 Å². The molecule has 1 atom stereocenters. The number of anilines is 1. The van der Waals surface area contributed by atoms with E-state index in [1.165, 1.54) is 0 Å². The molecule has 15 heavy (non-hydrogen) atoms. The van der Waals surface area contributed by atoms with E-state index in [0.717, 1.165) is 4.47 Å². The quantitative estimate of drug-likeness (QED) is 0.900. The molecule has 1 aromatic carbocycles. The Hall–Kier alpha value is -0.580. The maximum Gasteiger partial charge on any atom is 0.241 e. The van der Waals surface area contributed by atoms with Gasteiger partial charge in [0.15, 0.2) is 0 Å². The van der Waals surface area contributed by atoms with E-state index in [9.17, 15) is 4.79 Å². The van der Waals surface area contributed by atoms with Crippen molar-refractivity contribution in [3.05, 3.63) is 27.7 Å². The predicted molar refractivity (Wildman–Crippen MR) is 66.0 cm³/mol. The van der Waals surface area contributed by atoms with Crippen molar-refractivity contribution in [2.24, 2.45) is 5.73 Å². The summed E-state index contributed by atoms with van der Waals surface area (Å²) in [5.74, 6) is -0.188. The van der Waals surface area contributed by atoms with Gasteiger partial charge in [0.2, 0.25) is 5.91 Å². The zero-order valence-electron chi connectivity index (χ0n) is 8.26. The molecule has 0 radical (unpaired) electrons. The molecule has 0 aromatic heterocycles. The number of hydrogen-bond acceptors (Lipinski definition) is 2. The van der Waals surface area contributed by atoms with Crippen molar-refractivity contribution in [1.29, 1.82) is 0 Å². The molecule has 82 valence electrons. The molecule has 0 aliphatic heterocycles. The van der Waals surface area contributed by atoms with Gasteiger partial charge in [-0.05, 0) is 40.5 Å². The lowest BCUT2D eigenvalue weighted by Crippen LogP contribution is -2.34. The second-order valence-corrected chi connectivity index (χ2v) is 4.39. The van der Waals surface area contributed by atoms with Gasteiger partial charge >= 0.3 is 0 Å². The highest BCUT2D eigenvalue weighted by Gasteiger charge is 2.11. The van der Waals surface area contributed by atoms with Crippen LogP contribution in [0.1, 0.15) is 13.3 Å². The van der Waals surface area contributed by atoms with Crippen LogP contribution in [0.5, 0.6) is 0 Å². The molecule has 3 nitrogen and oxygen atoms in total. The van der Waals surface area contributed by atoms with Gasteiger partial charge in [-0.3, -0.25) is 4.79 Å². The zero-order valence-corrected chi connectivity index (χ0v) is 10.6. The van der Waals surface area contributed by atoms with Gasteiger partial charge in [0.25, 0.3) is 0 Å². The summed E-state index contributed by atoms with van der Waals surface area (Å²) in [7, 11) is 0. The van der Waals surface area contributed by atoms with Crippen LogP contribution in [0.25, 0.3) is 0 Å². The van der Waals surface area contributed by atoms with E-state index in [-0.39, 0.29) is 5.91 Å². The topological polar surface area (TPSA) is 55.1 Å². The van der Waals surface area contributed by atoms with E-state index in [1.54, 1.807) is 18.2 Å². The number of carbonyl (C=O) groups excluding carboxylic acids is 1. The van der Waals surface area contributed by atoms with Crippen LogP contribution in [0.3, 0.4) is 0 Å². The van der Waals surface area contributed by atoms with Gasteiger partial charge in [0, 0.05) is 10.2 Å². The van der Waals surface area contributed by atoms with Crippen molar-refractivity contribution in [2.75, 3.05) is 5.32 Å². The highest BCUT2D eigenvalue weighted by molar-refractivity contribution is 9.10. The maximum absolute atomic E-state index is 11.5. The summed E-state index contributed by atoms with van der Waals surface area (Å²) in [5.41, 5.74) is 6.26. The van der Waals surface area contributed by atoms with E-state index in [4.69, 9.17) is 17.3 Å². The lowest BCUT2D eigenvalue weighted by Gasteiger charge is -2.10. The van der Waals surface area contributed by atoms with E-state index in [0.29, 0.717) is 17.1 Å². The van der Waals surface area contributed by atoms with Gasteiger partial charge in [-0.25, -0.2) is 0 Å². The molecule has 1 amide bonds. The first-order chi connectivity index (χ1) is 7.04. The van der Waals surface area contributed by atoms with Crippen LogP contribution in [0, 0.1) is 0 Å². The number of nitrogens with one attached hydrogen (secondary N) is 1. The molecule has 0 saturated heterocycles. The summed E-state index contributed by atoms with van der Waals surface area (Å²) >= 11 is 9.10. The molecule has 0 saturated carbocycles. The molecule has 5 heteroatoms. The van der Waals surface area contributed by atoms with Crippen molar-refractivity contribution in [1.82, 2.24) is 0 Å². The number of nitrogens with two attached hydrogens (primary N) is 1. The molecule has 1 aromatic rings.